The first-order valence-electron chi connectivity index (χ1n) is 8.92. The fraction of sp³-hybridized carbons (Fsp3) is 0.150. The molecule has 10 heteroatoms. The molecule has 8 nitrogen and oxygen atoms in total. The Morgan fingerprint density at radius 1 is 1.20 bits per heavy atom. The molecule has 0 aliphatic carbocycles. The summed E-state index contributed by atoms with van der Waals surface area (Å²) in [4.78, 5) is 36.8. The molecule has 0 aromatic heterocycles. The van der Waals surface area contributed by atoms with Crippen LogP contribution in [0.15, 0.2) is 53.4 Å². The van der Waals surface area contributed by atoms with Crippen molar-refractivity contribution in [1.29, 1.82) is 0 Å². The Balaban J connectivity index is 1.53. The van der Waals surface area contributed by atoms with Gasteiger partial charge in [0.2, 0.25) is 5.91 Å². The smallest absolute Gasteiger partial charge is 0.269 e. The maximum Gasteiger partial charge on any atom is 0.269 e. The molecule has 0 radical (unpaired) electrons. The van der Waals surface area contributed by atoms with Crippen molar-refractivity contribution < 1.29 is 19.6 Å². The van der Waals surface area contributed by atoms with E-state index >= 15 is 0 Å². The van der Waals surface area contributed by atoms with Crippen LogP contribution in [0.25, 0.3) is 6.08 Å². The van der Waals surface area contributed by atoms with Gasteiger partial charge in [-0.2, -0.15) is 0 Å². The number of nitro groups is 1. The lowest BCUT2D eigenvalue weighted by atomic mass is 10.2. The zero-order chi connectivity index (χ0) is 21.7. The molecule has 0 unspecified atom stereocenters. The van der Waals surface area contributed by atoms with Crippen molar-refractivity contribution in [2.75, 3.05) is 11.9 Å². The second-order valence-electron chi connectivity index (χ2n) is 6.38. The van der Waals surface area contributed by atoms with Crippen LogP contribution < -0.4 is 5.32 Å². The number of carbonyl (C=O) groups excluding carboxylic acids is 2. The highest BCUT2D eigenvalue weighted by atomic mass is 32.2. The van der Waals surface area contributed by atoms with E-state index in [0.717, 1.165) is 11.8 Å². The van der Waals surface area contributed by atoms with Crippen LogP contribution in [0.1, 0.15) is 18.4 Å². The first kappa shape index (κ1) is 21.5. The minimum absolute atomic E-state index is 0.0229. The summed E-state index contributed by atoms with van der Waals surface area (Å²) < 4.78 is 0.409. The molecule has 1 heterocycles. The SMILES string of the molecule is O=C(CCCN1C(=O)/C(=C/c2ccc([N+](=O)[O-])cc2)SC1=S)Nc1ccc(O)cc1. The number of phenols is 1. The van der Waals surface area contributed by atoms with Crippen molar-refractivity contribution in [2.45, 2.75) is 12.8 Å². The quantitative estimate of drug-likeness (QED) is 0.219. The van der Waals surface area contributed by atoms with Gasteiger partial charge in [-0.3, -0.25) is 24.6 Å². The molecule has 2 amide bonds. The van der Waals surface area contributed by atoms with Crippen LogP contribution in [0, 0.1) is 10.1 Å². The summed E-state index contributed by atoms with van der Waals surface area (Å²) >= 11 is 6.44. The van der Waals surface area contributed by atoms with E-state index in [1.807, 2.05) is 0 Å². The first-order chi connectivity index (χ1) is 14.3. The second kappa shape index (κ2) is 9.51. The number of thioether (sulfide) groups is 1. The molecule has 0 bridgehead atoms. The largest absolute Gasteiger partial charge is 0.508 e. The number of non-ortho nitro benzene ring substituents is 1. The van der Waals surface area contributed by atoms with E-state index in [4.69, 9.17) is 12.2 Å². The van der Waals surface area contributed by atoms with E-state index in [1.165, 1.54) is 29.2 Å². The lowest BCUT2D eigenvalue weighted by Gasteiger charge is -2.14. The Hall–Kier alpha value is -3.24. The molecule has 2 aromatic rings. The molecule has 2 N–H and O–H groups in total. The Morgan fingerprint density at radius 3 is 2.50 bits per heavy atom. The number of phenolic OH excluding ortho intramolecular Hbond substituents is 1. The number of benzene rings is 2. The summed E-state index contributed by atoms with van der Waals surface area (Å²) in [7, 11) is 0. The van der Waals surface area contributed by atoms with Crippen LogP contribution >= 0.6 is 24.0 Å². The summed E-state index contributed by atoms with van der Waals surface area (Å²) in [6.45, 7) is 0.311. The normalized spacial score (nSPS) is 14.9. The van der Waals surface area contributed by atoms with Crippen molar-refractivity contribution >= 4 is 57.6 Å². The zero-order valence-corrected chi connectivity index (χ0v) is 17.2. The van der Waals surface area contributed by atoms with Crippen molar-refractivity contribution in [3.05, 3.63) is 69.1 Å². The van der Waals surface area contributed by atoms with Gasteiger partial charge in [0.05, 0.1) is 9.83 Å². The number of amides is 2. The summed E-state index contributed by atoms with van der Waals surface area (Å²) in [5.41, 5.74) is 1.22. The van der Waals surface area contributed by atoms with Crippen LogP contribution in [0.5, 0.6) is 5.75 Å². The minimum Gasteiger partial charge on any atom is -0.508 e. The van der Waals surface area contributed by atoms with Gasteiger partial charge in [0.25, 0.3) is 11.6 Å². The average Bonchev–Trinajstić information content (AvgIpc) is 2.97. The highest BCUT2D eigenvalue weighted by molar-refractivity contribution is 8.26. The summed E-state index contributed by atoms with van der Waals surface area (Å²) in [5.74, 6) is -0.334. The Bertz CT molecular complexity index is 1020. The zero-order valence-electron chi connectivity index (χ0n) is 15.6. The number of thiocarbonyl (C=S) groups is 1. The standard InChI is InChI=1S/C20H17N3O5S2/c24-16-9-5-14(6-10-16)21-18(25)2-1-11-22-19(26)17(30-20(22)29)12-13-3-7-15(8-4-13)23(27)28/h3-10,12,24H,1-2,11H2,(H,21,25)/b17-12-. The maximum absolute atomic E-state index is 12.6. The maximum atomic E-state index is 12.6. The number of rotatable bonds is 7. The van der Waals surface area contributed by atoms with E-state index < -0.39 is 4.92 Å². The van der Waals surface area contributed by atoms with Crippen molar-refractivity contribution in [1.82, 2.24) is 4.90 Å². The van der Waals surface area contributed by atoms with Gasteiger partial charge in [-0.1, -0.05) is 24.0 Å². The van der Waals surface area contributed by atoms with Gasteiger partial charge in [-0.15, -0.1) is 0 Å². The monoisotopic (exact) mass is 443 g/mol. The van der Waals surface area contributed by atoms with Crippen molar-refractivity contribution in [2.24, 2.45) is 0 Å². The van der Waals surface area contributed by atoms with Crippen LogP contribution in [0.2, 0.25) is 0 Å². The highest BCUT2D eigenvalue weighted by Gasteiger charge is 2.31. The van der Waals surface area contributed by atoms with Crippen LogP contribution in [0.4, 0.5) is 11.4 Å². The Labute approximate surface area is 181 Å². The number of nitrogens with zero attached hydrogens (tertiary/aromatic N) is 2. The third-order valence-corrected chi connectivity index (χ3v) is 5.59. The van der Waals surface area contributed by atoms with Crippen LogP contribution in [-0.4, -0.2) is 37.6 Å². The molecule has 154 valence electrons. The molecule has 1 saturated heterocycles. The van der Waals surface area contributed by atoms with Gasteiger partial charge in [0.1, 0.15) is 10.1 Å². The highest BCUT2D eigenvalue weighted by Crippen LogP contribution is 2.33. The van der Waals surface area contributed by atoms with Gasteiger partial charge in [0.15, 0.2) is 0 Å². The van der Waals surface area contributed by atoms with E-state index in [-0.39, 0.29) is 29.7 Å². The molecule has 0 saturated carbocycles. The number of anilines is 1. The third-order valence-electron chi connectivity index (χ3n) is 4.21. The molecule has 30 heavy (non-hydrogen) atoms. The molecular weight excluding hydrogens is 426 g/mol. The van der Waals surface area contributed by atoms with Gasteiger partial charge >= 0.3 is 0 Å². The van der Waals surface area contributed by atoms with Gasteiger partial charge in [-0.25, -0.2) is 0 Å². The van der Waals surface area contributed by atoms with Crippen molar-refractivity contribution in [3.8, 4) is 5.75 Å². The molecule has 1 fully saturated rings. The molecule has 2 aromatic carbocycles. The van der Waals surface area contributed by atoms with E-state index in [0.29, 0.717) is 33.4 Å². The molecular formula is C20H17N3O5S2. The fourth-order valence-electron chi connectivity index (χ4n) is 2.70. The van der Waals surface area contributed by atoms with Gasteiger partial charge in [-0.05, 0) is 54.5 Å². The van der Waals surface area contributed by atoms with E-state index in [1.54, 1.807) is 30.3 Å². The lowest BCUT2D eigenvalue weighted by molar-refractivity contribution is -0.384. The predicted molar refractivity (Wildman–Crippen MR) is 119 cm³/mol. The number of nitrogens with one attached hydrogen (secondary N) is 1. The second-order valence-corrected chi connectivity index (χ2v) is 8.06. The third kappa shape index (κ3) is 5.43. The predicted octanol–water partition coefficient (Wildman–Crippen LogP) is 3.92. The van der Waals surface area contributed by atoms with Crippen molar-refractivity contribution in [3.63, 3.8) is 0 Å². The van der Waals surface area contributed by atoms with Gasteiger partial charge in [0, 0.05) is 30.8 Å². The van der Waals surface area contributed by atoms with Crippen LogP contribution in [0.3, 0.4) is 0 Å². The molecule has 0 atom stereocenters. The molecule has 1 aliphatic heterocycles. The van der Waals surface area contributed by atoms with E-state index in [2.05, 4.69) is 5.32 Å². The number of aromatic hydroxyl groups is 1. The average molecular weight is 444 g/mol. The fourth-order valence-corrected chi connectivity index (χ4v) is 4.01. The summed E-state index contributed by atoms with van der Waals surface area (Å²) in [6, 6.07) is 12.0. The Morgan fingerprint density at radius 2 is 1.87 bits per heavy atom. The first-order valence-corrected chi connectivity index (χ1v) is 10.1. The van der Waals surface area contributed by atoms with Gasteiger partial charge < -0.3 is 10.4 Å². The number of nitro benzene ring substituents is 1. The lowest BCUT2D eigenvalue weighted by Crippen LogP contribution is -2.29. The topological polar surface area (TPSA) is 113 Å². The summed E-state index contributed by atoms with van der Waals surface area (Å²) in [6.07, 6.45) is 2.28. The Kier molecular flexibility index (Phi) is 6.80. The molecule has 1 aliphatic rings. The number of carbonyl (C=O) groups is 2. The number of hydrogen-bond donors (Lipinski definition) is 2. The molecule has 0 spiro atoms. The minimum atomic E-state index is -0.485. The molecule has 3 rings (SSSR count). The number of hydrogen-bond acceptors (Lipinski definition) is 7. The van der Waals surface area contributed by atoms with Crippen LogP contribution in [-0.2, 0) is 9.59 Å². The summed E-state index contributed by atoms with van der Waals surface area (Å²) in [5, 5.41) is 22.7. The van der Waals surface area contributed by atoms with E-state index in [9.17, 15) is 24.8 Å².